The molecule has 0 fully saturated rings. The van der Waals surface area contributed by atoms with Crippen LogP contribution in [0.25, 0.3) is 0 Å². The molecule has 0 spiro atoms. The predicted molar refractivity (Wildman–Crippen MR) is 62.4 cm³/mol. The van der Waals surface area contributed by atoms with Gasteiger partial charge in [0.15, 0.2) is 11.5 Å². The van der Waals surface area contributed by atoms with E-state index >= 15 is 0 Å². The van der Waals surface area contributed by atoms with Crippen molar-refractivity contribution < 1.29 is 29.3 Å². The van der Waals surface area contributed by atoms with Gasteiger partial charge in [-0.2, -0.15) is 0 Å². The molecule has 2 N–H and O–H groups in total. The van der Waals surface area contributed by atoms with E-state index in [9.17, 15) is 9.59 Å². The van der Waals surface area contributed by atoms with Crippen molar-refractivity contribution in [2.75, 3.05) is 0 Å². The molecule has 6 nitrogen and oxygen atoms in total. The maximum Gasteiger partial charge on any atom is 0.511 e. The van der Waals surface area contributed by atoms with Crippen molar-refractivity contribution in [2.45, 2.75) is 26.2 Å². The van der Waals surface area contributed by atoms with Crippen molar-refractivity contribution >= 4 is 12.3 Å². The Labute approximate surface area is 104 Å². The van der Waals surface area contributed by atoms with Crippen LogP contribution in [0.5, 0.6) is 11.5 Å². The van der Waals surface area contributed by atoms with E-state index in [-0.39, 0.29) is 16.9 Å². The Morgan fingerprint density at radius 2 is 1.50 bits per heavy atom. The fraction of sp³-hybridized carbons (Fsp3) is 0.333. The molecule has 6 heteroatoms. The van der Waals surface area contributed by atoms with Gasteiger partial charge in [-0.25, -0.2) is 9.59 Å². The molecule has 98 valence electrons. The van der Waals surface area contributed by atoms with E-state index < -0.39 is 12.3 Å². The summed E-state index contributed by atoms with van der Waals surface area (Å²) in [5, 5.41) is 17.1. The topological polar surface area (TPSA) is 93.1 Å². The molecule has 0 aromatic heterocycles. The molecule has 18 heavy (non-hydrogen) atoms. The highest BCUT2D eigenvalue weighted by atomic mass is 16.7. The fourth-order valence-corrected chi connectivity index (χ4v) is 1.33. The first kappa shape index (κ1) is 13.8. The first-order valence-corrected chi connectivity index (χ1v) is 5.16. The normalized spacial score (nSPS) is 10.8. The number of carbonyl (C=O) groups is 2. The monoisotopic (exact) mass is 254 g/mol. The van der Waals surface area contributed by atoms with Gasteiger partial charge in [-0.05, 0) is 23.1 Å². The molecular formula is C12H14O6. The minimum atomic E-state index is -1.53. The highest BCUT2D eigenvalue weighted by Gasteiger charge is 2.19. The number of rotatable bonds is 2. The maximum absolute atomic E-state index is 10.5. The van der Waals surface area contributed by atoms with E-state index in [1.165, 1.54) is 12.1 Å². The minimum absolute atomic E-state index is 0.141. The molecule has 0 saturated carbocycles. The predicted octanol–water partition coefficient (Wildman–Crippen LogP) is 3.10. The number of hydrogen-bond acceptors (Lipinski definition) is 4. The van der Waals surface area contributed by atoms with Crippen LogP contribution in [0, 0.1) is 0 Å². The van der Waals surface area contributed by atoms with Crippen molar-refractivity contribution in [3.8, 4) is 11.5 Å². The first-order valence-electron chi connectivity index (χ1n) is 5.16. The summed E-state index contributed by atoms with van der Waals surface area (Å²) < 4.78 is 8.95. The maximum atomic E-state index is 10.5. The van der Waals surface area contributed by atoms with Crippen LogP contribution in [0.2, 0.25) is 0 Å². The summed E-state index contributed by atoms with van der Waals surface area (Å²) >= 11 is 0. The van der Waals surface area contributed by atoms with Gasteiger partial charge in [-0.3, -0.25) is 0 Å². The van der Waals surface area contributed by atoms with Gasteiger partial charge >= 0.3 is 12.3 Å². The van der Waals surface area contributed by atoms with E-state index in [2.05, 4.69) is 9.47 Å². The summed E-state index contributed by atoms with van der Waals surface area (Å²) in [6, 6.07) is 4.48. The van der Waals surface area contributed by atoms with Gasteiger partial charge in [0.2, 0.25) is 0 Å². The number of benzene rings is 1. The molecule has 0 saturated heterocycles. The van der Waals surface area contributed by atoms with Crippen molar-refractivity contribution in [1.29, 1.82) is 0 Å². The molecule has 1 rings (SSSR count). The largest absolute Gasteiger partial charge is 0.511 e. The van der Waals surface area contributed by atoms with Gasteiger partial charge in [0, 0.05) is 0 Å². The van der Waals surface area contributed by atoms with Crippen LogP contribution in [0.4, 0.5) is 9.59 Å². The number of carboxylic acid groups (broad SMARTS) is 2. The number of ether oxygens (including phenoxy) is 2. The number of hydrogen-bond donors (Lipinski definition) is 2. The third-order valence-corrected chi connectivity index (χ3v) is 2.20. The van der Waals surface area contributed by atoms with E-state index in [0.29, 0.717) is 0 Å². The van der Waals surface area contributed by atoms with Crippen LogP contribution < -0.4 is 9.47 Å². The second-order valence-electron chi connectivity index (χ2n) is 4.65. The summed E-state index contributed by atoms with van der Waals surface area (Å²) in [5.41, 5.74) is 0.578. The molecule has 0 aliphatic heterocycles. The van der Waals surface area contributed by atoms with Gasteiger partial charge < -0.3 is 19.7 Å². The lowest BCUT2D eigenvalue weighted by Crippen LogP contribution is -2.13. The van der Waals surface area contributed by atoms with Crippen LogP contribution in [0.3, 0.4) is 0 Å². The van der Waals surface area contributed by atoms with E-state index in [1.54, 1.807) is 6.07 Å². The smallest absolute Gasteiger partial charge is 0.449 e. The quantitative estimate of drug-likeness (QED) is 0.622. The molecule has 0 aliphatic carbocycles. The summed E-state index contributed by atoms with van der Waals surface area (Å²) in [5.74, 6) is -0.296. The van der Waals surface area contributed by atoms with Crippen LogP contribution in [-0.2, 0) is 5.41 Å². The zero-order chi connectivity index (χ0) is 13.9. The molecular weight excluding hydrogens is 240 g/mol. The molecule has 0 bridgehead atoms. The third-order valence-electron chi connectivity index (χ3n) is 2.20. The van der Waals surface area contributed by atoms with Crippen molar-refractivity contribution in [3.63, 3.8) is 0 Å². The Kier molecular flexibility index (Phi) is 3.80. The van der Waals surface area contributed by atoms with E-state index in [1.807, 2.05) is 20.8 Å². The lowest BCUT2D eigenvalue weighted by atomic mass is 9.87. The van der Waals surface area contributed by atoms with Crippen molar-refractivity contribution in [2.24, 2.45) is 0 Å². The second-order valence-corrected chi connectivity index (χ2v) is 4.65. The summed E-state index contributed by atoms with van der Waals surface area (Å²) in [7, 11) is 0. The van der Waals surface area contributed by atoms with Crippen LogP contribution in [0.15, 0.2) is 18.2 Å². The van der Waals surface area contributed by atoms with Crippen LogP contribution in [0.1, 0.15) is 26.3 Å². The van der Waals surface area contributed by atoms with Crippen molar-refractivity contribution in [3.05, 3.63) is 23.8 Å². The molecule has 0 heterocycles. The third kappa shape index (κ3) is 3.65. The lowest BCUT2D eigenvalue weighted by molar-refractivity contribution is 0.132. The van der Waals surface area contributed by atoms with Gasteiger partial charge in [0.1, 0.15) is 0 Å². The average Bonchev–Trinajstić information content (AvgIpc) is 2.17. The second kappa shape index (κ2) is 4.95. The van der Waals surface area contributed by atoms with Gasteiger partial charge in [-0.1, -0.05) is 26.8 Å². The molecule has 0 radical (unpaired) electrons. The van der Waals surface area contributed by atoms with Crippen LogP contribution in [-0.4, -0.2) is 22.5 Å². The standard InChI is InChI=1S/C12H14O6/c1-12(2,3)7-4-5-8(17-10(13)14)9(6-7)18-11(15)16/h4-6H,1-3H3,(H,13,14)(H,15,16). The Balaban J connectivity index is 3.20. The fourth-order valence-electron chi connectivity index (χ4n) is 1.33. The Morgan fingerprint density at radius 1 is 1.00 bits per heavy atom. The molecule has 0 unspecified atom stereocenters. The highest BCUT2D eigenvalue weighted by molar-refractivity contribution is 5.67. The molecule has 0 aliphatic rings. The zero-order valence-electron chi connectivity index (χ0n) is 10.3. The van der Waals surface area contributed by atoms with Crippen molar-refractivity contribution in [1.82, 2.24) is 0 Å². The lowest BCUT2D eigenvalue weighted by Gasteiger charge is -2.20. The van der Waals surface area contributed by atoms with Gasteiger partial charge in [0.25, 0.3) is 0 Å². The Hall–Kier alpha value is -2.24. The molecule has 0 amide bonds. The molecule has 1 aromatic carbocycles. The molecule has 0 atom stereocenters. The Bertz CT molecular complexity index is 472. The minimum Gasteiger partial charge on any atom is -0.449 e. The summed E-state index contributed by atoms with van der Waals surface area (Å²) in [6.07, 6.45) is -3.06. The summed E-state index contributed by atoms with van der Waals surface area (Å²) in [6.45, 7) is 5.81. The van der Waals surface area contributed by atoms with Gasteiger partial charge in [0.05, 0.1) is 0 Å². The Morgan fingerprint density at radius 3 is 1.94 bits per heavy atom. The average molecular weight is 254 g/mol. The summed E-state index contributed by atoms with van der Waals surface area (Å²) in [4.78, 5) is 21.0. The zero-order valence-corrected chi connectivity index (χ0v) is 10.3. The molecule has 1 aromatic rings. The first-order chi connectivity index (χ1) is 8.20. The van der Waals surface area contributed by atoms with Gasteiger partial charge in [-0.15, -0.1) is 0 Å². The van der Waals surface area contributed by atoms with E-state index in [0.717, 1.165) is 5.56 Å². The highest BCUT2D eigenvalue weighted by Crippen LogP contribution is 2.33. The SMILES string of the molecule is CC(C)(C)c1ccc(OC(=O)O)c(OC(=O)O)c1. The van der Waals surface area contributed by atoms with E-state index in [4.69, 9.17) is 10.2 Å². The van der Waals surface area contributed by atoms with Crippen LogP contribution >= 0.6 is 0 Å².